The summed E-state index contributed by atoms with van der Waals surface area (Å²) in [6, 6.07) is 0. The molecule has 1 rings (SSSR count). The predicted molar refractivity (Wildman–Crippen MR) is 31.4 cm³/mol. The minimum atomic E-state index is -1.25. The summed E-state index contributed by atoms with van der Waals surface area (Å²) in [7, 11) is 0. The molecule has 0 amide bonds. The summed E-state index contributed by atoms with van der Waals surface area (Å²) >= 11 is 0. The predicted octanol–water partition coefficient (Wildman–Crippen LogP) is -0.971. The van der Waals surface area contributed by atoms with Crippen molar-refractivity contribution in [1.82, 2.24) is 15.8 Å². The van der Waals surface area contributed by atoms with Crippen LogP contribution in [-0.4, -0.2) is 20.4 Å². The first-order chi connectivity index (χ1) is 5.63. The van der Waals surface area contributed by atoms with Crippen LogP contribution < -0.4 is 5.53 Å². The van der Waals surface area contributed by atoms with Crippen LogP contribution in [0.15, 0.2) is 17.0 Å². The summed E-state index contributed by atoms with van der Waals surface area (Å²) in [6.45, 7) is 0. The lowest BCUT2D eigenvalue weighted by Gasteiger charge is -1.78. The number of hydrogen-bond donors (Lipinski definition) is 1. The van der Waals surface area contributed by atoms with Crippen molar-refractivity contribution < 1.29 is 14.7 Å². The molecule has 66 valence electrons. The van der Waals surface area contributed by atoms with Crippen molar-refractivity contribution >= 4 is 0 Å². The second-order valence-electron chi connectivity index (χ2n) is 1.20. The Morgan fingerprint density at radius 2 is 1.58 bits per heavy atom. The molecule has 0 saturated carbocycles. The molecule has 0 spiro atoms. The number of aromatic nitrogens is 2. The number of hydrazine groups is 2. The maximum absolute atomic E-state index is 9.06. The molecule has 12 heavy (non-hydrogen) atoms. The molecule has 0 fully saturated rings. The summed E-state index contributed by atoms with van der Waals surface area (Å²) in [5, 5.41) is 22.1. The molecule has 0 unspecified atom stereocenters. The molecule has 0 aromatic carbocycles. The van der Waals surface area contributed by atoms with Gasteiger partial charge in [-0.25, -0.2) is 24.9 Å². The zero-order valence-corrected chi connectivity index (χ0v) is 5.48. The van der Waals surface area contributed by atoms with Gasteiger partial charge in [-0.1, -0.05) is 10.3 Å². The van der Waals surface area contributed by atoms with Gasteiger partial charge in [0, 0.05) is 0 Å². The van der Waals surface area contributed by atoms with Crippen LogP contribution in [0.25, 0.3) is 0 Å². The molecule has 1 heterocycles. The van der Waals surface area contributed by atoms with E-state index < -0.39 is 10.1 Å². The molecule has 0 saturated heterocycles. The Balaban J connectivity index is 0.000000211. The van der Waals surface area contributed by atoms with Crippen molar-refractivity contribution in [3.05, 3.63) is 32.6 Å². The molecule has 0 aliphatic rings. The number of nitrogens with one attached hydrogen (secondary N) is 1. The molecular weight excluding hydrogens is 174 g/mol. The van der Waals surface area contributed by atoms with E-state index in [0.717, 1.165) is 5.53 Å². The largest absolute Gasteiger partial charge is 0.245 e. The topological polar surface area (TPSA) is 137 Å². The van der Waals surface area contributed by atoms with Crippen molar-refractivity contribution in [2.75, 3.05) is 0 Å². The Bertz CT molecular complexity index is 203. The van der Waals surface area contributed by atoms with Gasteiger partial charge in [-0.3, -0.25) is 0 Å². The van der Waals surface area contributed by atoms with Gasteiger partial charge in [0.05, 0.1) is 12.4 Å². The van der Waals surface area contributed by atoms with Gasteiger partial charge < -0.3 is 0 Å². The second-order valence-corrected chi connectivity index (χ2v) is 1.20. The summed E-state index contributed by atoms with van der Waals surface area (Å²) < 4.78 is 4.08. The van der Waals surface area contributed by atoms with Crippen molar-refractivity contribution in [3.63, 3.8) is 0 Å². The van der Waals surface area contributed by atoms with Crippen LogP contribution in [-0.2, 0) is 0 Å². The third-order valence-electron chi connectivity index (χ3n) is 0.446. The Morgan fingerprint density at radius 3 is 1.67 bits per heavy atom. The first-order valence-corrected chi connectivity index (χ1v) is 2.39. The van der Waals surface area contributed by atoms with Crippen LogP contribution in [0.4, 0.5) is 0 Å². The van der Waals surface area contributed by atoms with E-state index in [1.54, 1.807) is 0 Å². The fraction of sp³-hybridized carbons (Fsp3) is 0. The first-order valence-electron chi connectivity index (χ1n) is 2.39. The van der Waals surface area contributed by atoms with Gasteiger partial charge in [0.15, 0.2) is 5.53 Å². The van der Waals surface area contributed by atoms with E-state index in [1.807, 2.05) is 0 Å². The lowest BCUT2D eigenvalue weighted by molar-refractivity contribution is -0.778. The average Bonchev–Trinajstić information content (AvgIpc) is 2.36. The van der Waals surface area contributed by atoms with Gasteiger partial charge in [0.2, 0.25) is 10.1 Å². The number of hydrogen-bond acceptors (Lipinski definition) is 7. The molecular formula is C2H3N5O5. The highest BCUT2D eigenvalue weighted by atomic mass is 16.8. The zero-order valence-electron chi connectivity index (χ0n) is 5.48. The highest BCUT2D eigenvalue weighted by Crippen LogP contribution is 1.62. The summed E-state index contributed by atoms with van der Waals surface area (Å²) in [6.07, 6.45) is 2.94. The molecule has 1 aromatic rings. The van der Waals surface area contributed by atoms with E-state index in [0.29, 0.717) is 0 Å². The minimum absolute atomic E-state index is 0.750. The lowest BCUT2D eigenvalue weighted by Crippen LogP contribution is -2.27. The monoisotopic (exact) mass is 177 g/mol. The van der Waals surface area contributed by atoms with Gasteiger partial charge >= 0.3 is 0 Å². The normalized spacial score (nSPS) is 7.67. The zero-order chi connectivity index (χ0) is 9.40. The first kappa shape index (κ1) is 9.74. The van der Waals surface area contributed by atoms with Crippen LogP contribution >= 0.6 is 0 Å². The van der Waals surface area contributed by atoms with E-state index in [4.69, 9.17) is 20.2 Å². The van der Waals surface area contributed by atoms with Gasteiger partial charge in [-0.15, -0.1) is 0 Å². The van der Waals surface area contributed by atoms with E-state index >= 15 is 0 Å². The molecule has 10 nitrogen and oxygen atoms in total. The van der Waals surface area contributed by atoms with Crippen LogP contribution in [0.1, 0.15) is 0 Å². The summed E-state index contributed by atoms with van der Waals surface area (Å²) in [4.78, 5) is 18.1. The molecule has 10 heteroatoms. The van der Waals surface area contributed by atoms with Gasteiger partial charge in [-0.05, 0) is 0 Å². The molecule has 0 aliphatic carbocycles. The number of nitrogens with zero attached hydrogens (tertiary/aromatic N) is 4. The van der Waals surface area contributed by atoms with Gasteiger partial charge in [0.1, 0.15) is 0 Å². The lowest BCUT2D eigenvalue weighted by atomic mass is 11.0. The fourth-order valence-corrected chi connectivity index (χ4v) is 0.203. The van der Waals surface area contributed by atoms with E-state index in [-0.39, 0.29) is 0 Å². The standard InChI is InChI=1S/C2H2N2O.HN3O4/c1-2-4-5-3-1;4-2(5)1-3(6)7/h1-2H;1H. The maximum Gasteiger partial charge on any atom is 0.220 e. The third kappa shape index (κ3) is 7.74. The molecule has 1 N–H and O–H groups in total. The van der Waals surface area contributed by atoms with E-state index in [2.05, 4.69) is 14.9 Å². The van der Waals surface area contributed by atoms with E-state index in [1.165, 1.54) is 12.4 Å². The van der Waals surface area contributed by atoms with Crippen molar-refractivity contribution in [1.29, 1.82) is 0 Å². The summed E-state index contributed by atoms with van der Waals surface area (Å²) in [5.41, 5.74) is 0.750. The Morgan fingerprint density at radius 1 is 1.17 bits per heavy atom. The number of nitro groups is 2. The summed E-state index contributed by atoms with van der Waals surface area (Å²) in [5.74, 6) is 0. The third-order valence-corrected chi connectivity index (χ3v) is 0.446. The van der Waals surface area contributed by atoms with Crippen molar-refractivity contribution in [3.8, 4) is 0 Å². The van der Waals surface area contributed by atoms with Crippen LogP contribution in [0, 0.1) is 20.2 Å². The molecule has 1 aromatic heterocycles. The van der Waals surface area contributed by atoms with Crippen LogP contribution in [0.3, 0.4) is 0 Å². The fourth-order valence-electron chi connectivity index (χ4n) is 0.203. The smallest absolute Gasteiger partial charge is 0.220 e. The Labute approximate surface area is 64.4 Å². The Kier molecular flexibility index (Phi) is 4.48. The minimum Gasteiger partial charge on any atom is -0.245 e. The van der Waals surface area contributed by atoms with Crippen molar-refractivity contribution in [2.45, 2.75) is 0 Å². The van der Waals surface area contributed by atoms with Gasteiger partial charge in [-0.2, -0.15) is 0 Å². The van der Waals surface area contributed by atoms with Gasteiger partial charge in [0.25, 0.3) is 0 Å². The molecule has 0 radical (unpaired) electrons. The number of rotatable bonds is 2. The highest BCUT2D eigenvalue weighted by Gasteiger charge is 1.99. The second kappa shape index (κ2) is 5.52. The quantitative estimate of drug-likeness (QED) is 0.449. The van der Waals surface area contributed by atoms with Crippen LogP contribution in [0.5, 0.6) is 0 Å². The average molecular weight is 177 g/mol. The molecule has 0 bridgehead atoms. The molecule has 0 atom stereocenters. The Hall–Kier alpha value is -2.26. The van der Waals surface area contributed by atoms with E-state index in [9.17, 15) is 0 Å². The SMILES string of the molecule is O=[N+]([O-])N[N+](=O)[O-].c1cnon1. The maximum atomic E-state index is 9.06. The van der Waals surface area contributed by atoms with Crippen LogP contribution in [0.2, 0.25) is 0 Å². The molecule has 0 aliphatic heterocycles. The van der Waals surface area contributed by atoms with Crippen molar-refractivity contribution in [2.24, 2.45) is 0 Å². The highest BCUT2D eigenvalue weighted by molar-refractivity contribution is 4.51.